The lowest BCUT2D eigenvalue weighted by Crippen LogP contribution is -2.24. The molecule has 0 unspecified atom stereocenters. The topological polar surface area (TPSA) is 83.8 Å². The number of carbonyl (C=O) groups is 2. The van der Waals surface area contributed by atoms with E-state index in [9.17, 15) is 9.59 Å². The van der Waals surface area contributed by atoms with E-state index in [1.54, 1.807) is 6.08 Å². The number of aliphatic hydroxyl groups is 2. The smallest absolute Gasteiger partial charge is 0.303 e. The van der Waals surface area contributed by atoms with Crippen LogP contribution in [0.1, 0.15) is 12.5 Å². The number of ether oxygens (including phenoxy) is 1. The molecular formula is C14H18O5. The highest BCUT2D eigenvalue weighted by Crippen LogP contribution is 1.99. The zero-order chi connectivity index (χ0) is 14.5. The number of benzene rings is 1. The summed E-state index contributed by atoms with van der Waals surface area (Å²) >= 11 is 0. The van der Waals surface area contributed by atoms with Crippen molar-refractivity contribution in [2.24, 2.45) is 0 Å². The molecule has 0 aliphatic rings. The maximum absolute atomic E-state index is 10.1. The molecule has 0 saturated carbocycles. The molecule has 0 amide bonds. The number of carbonyl (C=O) groups excluding carboxylic acids is 2. The van der Waals surface area contributed by atoms with E-state index in [2.05, 4.69) is 4.74 Å². The molecule has 1 aromatic rings. The first-order chi connectivity index (χ1) is 9.13. The molecule has 0 radical (unpaired) electrons. The lowest BCUT2D eigenvalue weighted by Gasteiger charge is -2.09. The molecule has 0 atom stereocenters. The van der Waals surface area contributed by atoms with Crippen LogP contribution < -0.4 is 0 Å². The normalized spacial score (nSPS) is 9.89. The third-order valence-corrected chi connectivity index (χ3v) is 1.91. The number of aldehydes is 1. The summed E-state index contributed by atoms with van der Waals surface area (Å²) in [6.07, 6.45) is 3.26. The van der Waals surface area contributed by atoms with Gasteiger partial charge in [0, 0.05) is 6.92 Å². The van der Waals surface area contributed by atoms with Crippen LogP contribution >= 0.6 is 0 Å². The van der Waals surface area contributed by atoms with E-state index in [4.69, 9.17) is 10.2 Å². The SMILES string of the molecule is CC(=O)OC(CO)CO.O=C/C=C/c1ccccc1. The number of rotatable bonds is 5. The van der Waals surface area contributed by atoms with Gasteiger partial charge in [-0.1, -0.05) is 36.4 Å². The van der Waals surface area contributed by atoms with E-state index in [1.807, 2.05) is 30.3 Å². The van der Waals surface area contributed by atoms with Gasteiger partial charge >= 0.3 is 5.97 Å². The van der Waals surface area contributed by atoms with Gasteiger partial charge in [-0.3, -0.25) is 9.59 Å². The van der Waals surface area contributed by atoms with Crippen molar-refractivity contribution in [2.45, 2.75) is 13.0 Å². The Morgan fingerprint density at radius 3 is 2.21 bits per heavy atom. The summed E-state index contributed by atoms with van der Waals surface area (Å²) < 4.78 is 4.41. The summed E-state index contributed by atoms with van der Waals surface area (Å²) in [5, 5.41) is 16.7. The predicted octanol–water partition coefficient (Wildman–Crippen LogP) is 0.801. The second-order valence-corrected chi connectivity index (χ2v) is 3.50. The molecule has 19 heavy (non-hydrogen) atoms. The molecule has 0 saturated heterocycles. The van der Waals surface area contributed by atoms with Gasteiger partial charge in [-0.15, -0.1) is 0 Å². The molecular weight excluding hydrogens is 248 g/mol. The fourth-order valence-corrected chi connectivity index (χ4v) is 1.08. The van der Waals surface area contributed by atoms with Crippen molar-refractivity contribution >= 4 is 18.3 Å². The number of allylic oxidation sites excluding steroid dienone is 1. The van der Waals surface area contributed by atoms with Gasteiger partial charge in [0.1, 0.15) is 12.4 Å². The van der Waals surface area contributed by atoms with Gasteiger partial charge in [-0.2, -0.15) is 0 Å². The average molecular weight is 266 g/mol. The zero-order valence-electron chi connectivity index (χ0n) is 10.7. The summed E-state index contributed by atoms with van der Waals surface area (Å²) in [5.74, 6) is -0.497. The molecule has 0 spiro atoms. The lowest BCUT2D eigenvalue weighted by atomic mass is 10.2. The third kappa shape index (κ3) is 9.70. The molecule has 0 aliphatic heterocycles. The Kier molecular flexibility index (Phi) is 9.97. The van der Waals surface area contributed by atoms with Crippen molar-refractivity contribution in [1.82, 2.24) is 0 Å². The zero-order valence-corrected chi connectivity index (χ0v) is 10.7. The van der Waals surface area contributed by atoms with Crippen LogP contribution in [0.5, 0.6) is 0 Å². The Morgan fingerprint density at radius 2 is 1.84 bits per heavy atom. The first-order valence-electron chi connectivity index (χ1n) is 5.69. The third-order valence-electron chi connectivity index (χ3n) is 1.91. The van der Waals surface area contributed by atoms with Crippen LogP contribution in [0.2, 0.25) is 0 Å². The molecule has 1 rings (SSSR count). The van der Waals surface area contributed by atoms with Crippen molar-refractivity contribution in [3.8, 4) is 0 Å². The molecule has 0 bridgehead atoms. The molecule has 5 nitrogen and oxygen atoms in total. The summed E-state index contributed by atoms with van der Waals surface area (Å²) in [7, 11) is 0. The highest BCUT2D eigenvalue weighted by Gasteiger charge is 2.06. The fraction of sp³-hybridized carbons (Fsp3) is 0.286. The molecule has 0 aromatic heterocycles. The first-order valence-corrected chi connectivity index (χ1v) is 5.69. The number of hydrogen-bond acceptors (Lipinski definition) is 5. The summed E-state index contributed by atoms with van der Waals surface area (Å²) in [4.78, 5) is 20.0. The van der Waals surface area contributed by atoms with E-state index in [-0.39, 0.29) is 13.2 Å². The minimum atomic E-state index is -0.762. The molecule has 0 aliphatic carbocycles. The Labute approximate surface area is 112 Å². The van der Waals surface area contributed by atoms with Crippen molar-refractivity contribution < 1.29 is 24.5 Å². The first kappa shape index (κ1) is 17.0. The Bertz CT molecular complexity index is 382. The molecule has 1 aromatic carbocycles. The Morgan fingerprint density at radius 1 is 1.26 bits per heavy atom. The number of esters is 1. The van der Waals surface area contributed by atoms with E-state index in [0.717, 1.165) is 11.8 Å². The average Bonchev–Trinajstić information content (AvgIpc) is 2.44. The second kappa shape index (κ2) is 11.1. The van der Waals surface area contributed by atoms with E-state index >= 15 is 0 Å². The monoisotopic (exact) mass is 266 g/mol. The van der Waals surface area contributed by atoms with E-state index in [0.29, 0.717) is 0 Å². The van der Waals surface area contributed by atoms with Gasteiger partial charge in [0.15, 0.2) is 0 Å². The van der Waals surface area contributed by atoms with Crippen molar-refractivity contribution in [2.75, 3.05) is 13.2 Å². The highest BCUT2D eigenvalue weighted by molar-refractivity contribution is 5.73. The number of hydrogen-bond donors (Lipinski definition) is 2. The maximum Gasteiger partial charge on any atom is 0.303 e. The summed E-state index contributed by atoms with van der Waals surface area (Å²) in [6, 6.07) is 9.70. The Balaban J connectivity index is 0.000000344. The molecule has 0 heterocycles. The fourth-order valence-electron chi connectivity index (χ4n) is 1.08. The van der Waals surface area contributed by atoms with Gasteiger partial charge in [-0.05, 0) is 11.6 Å². The van der Waals surface area contributed by atoms with E-state index in [1.165, 1.54) is 13.0 Å². The van der Waals surface area contributed by atoms with Crippen LogP contribution in [-0.2, 0) is 14.3 Å². The van der Waals surface area contributed by atoms with Gasteiger partial charge in [0.25, 0.3) is 0 Å². The summed E-state index contributed by atoms with van der Waals surface area (Å²) in [5.41, 5.74) is 1.05. The van der Waals surface area contributed by atoms with Crippen LogP contribution in [0.15, 0.2) is 36.4 Å². The summed E-state index contributed by atoms with van der Waals surface area (Å²) in [6.45, 7) is 0.546. The molecule has 104 valence electrons. The maximum atomic E-state index is 10.1. The minimum Gasteiger partial charge on any atom is -0.458 e. The molecule has 5 heteroatoms. The highest BCUT2D eigenvalue weighted by atomic mass is 16.6. The van der Waals surface area contributed by atoms with Gasteiger partial charge in [0.2, 0.25) is 0 Å². The molecule has 0 fully saturated rings. The van der Waals surface area contributed by atoms with Crippen LogP contribution in [0.4, 0.5) is 0 Å². The standard InChI is InChI=1S/C9H8O.C5H10O4/c10-8-4-7-9-5-2-1-3-6-9;1-4(8)9-5(2-6)3-7/h1-8H;5-7H,2-3H2,1H3/b7-4+;. The Hall–Kier alpha value is -1.98. The van der Waals surface area contributed by atoms with Crippen molar-refractivity contribution in [3.05, 3.63) is 42.0 Å². The van der Waals surface area contributed by atoms with Crippen molar-refractivity contribution in [3.63, 3.8) is 0 Å². The van der Waals surface area contributed by atoms with Crippen LogP contribution in [0.3, 0.4) is 0 Å². The van der Waals surface area contributed by atoms with E-state index < -0.39 is 12.1 Å². The minimum absolute atomic E-state index is 0.337. The largest absolute Gasteiger partial charge is 0.458 e. The second-order valence-electron chi connectivity index (χ2n) is 3.50. The van der Waals surface area contributed by atoms with Crippen LogP contribution in [-0.4, -0.2) is 41.8 Å². The van der Waals surface area contributed by atoms with Gasteiger partial charge in [0.05, 0.1) is 13.2 Å². The van der Waals surface area contributed by atoms with Crippen LogP contribution in [0.25, 0.3) is 6.08 Å². The lowest BCUT2D eigenvalue weighted by molar-refractivity contribution is -0.150. The van der Waals surface area contributed by atoms with Gasteiger partial charge in [-0.25, -0.2) is 0 Å². The van der Waals surface area contributed by atoms with Crippen LogP contribution in [0, 0.1) is 0 Å². The predicted molar refractivity (Wildman–Crippen MR) is 71.3 cm³/mol. The van der Waals surface area contributed by atoms with Gasteiger partial charge < -0.3 is 14.9 Å². The number of aliphatic hydroxyl groups excluding tert-OH is 2. The molecule has 2 N–H and O–H groups in total. The quantitative estimate of drug-likeness (QED) is 0.468. The van der Waals surface area contributed by atoms with Crippen molar-refractivity contribution in [1.29, 1.82) is 0 Å².